The summed E-state index contributed by atoms with van der Waals surface area (Å²) in [6.45, 7) is 2.22. The molecule has 1 aromatic heterocycles. The van der Waals surface area contributed by atoms with Gasteiger partial charge in [-0.15, -0.1) is 0 Å². The van der Waals surface area contributed by atoms with E-state index in [0.717, 1.165) is 36.8 Å². The van der Waals surface area contributed by atoms with Gasteiger partial charge < -0.3 is 10.8 Å². The van der Waals surface area contributed by atoms with Crippen molar-refractivity contribution < 1.29 is 13.9 Å². The number of hydrogen-bond acceptors (Lipinski definition) is 5. The van der Waals surface area contributed by atoms with E-state index in [-0.39, 0.29) is 12.0 Å². The zero-order chi connectivity index (χ0) is 19.8. The van der Waals surface area contributed by atoms with Gasteiger partial charge in [-0.05, 0) is 42.8 Å². The van der Waals surface area contributed by atoms with E-state index in [1.165, 1.54) is 12.1 Å². The molecule has 2 aliphatic rings. The van der Waals surface area contributed by atoms with E-state index in [1.807, 2.05) is 17.8 Å². The molecule has 28 heavy (non-hydrogen) atoms. The van der Waals surface area contributed by atoms with E-state index in [4.69, 9.17) is 5.73 Å². The van der Waals surface area contributed by atoms with E-state index in [0.29, 0.717) is 17.8 Å². The first-order chi connectivity index (χ1) is 13.4. The van der Waals surface area contributed by atoms with Crippen molar-refractivity contribution in [2.45, 2.75) is 25.2 Å². The molecule has 0 amide bonds. The summed E-state index contributed by atoms with van der Waals surface area (Å²) in [5.41, 5.74) is 8.13. The van der Waals surface area contributed by atoms with Crippen LogP contribution >= 0.6 is 0 Å². The smallest absolute Gasteiger partial charge is 0.145 e. The Kier molecular flexibility index (Phi) is 5.09. The number of aliphatic hydroxyl groups is 1. The lowest BCUT2D eigenvalue weighted by Gasteiger charge is -2.40. The Hall–Kier alpha value is -2.42. The molecular weight excluding hydrogens is 364 g/mol. The van der Waals surface area contributed by atoms with Crippen molar-refractivity contribution in [3.63, 3.8) is 0 Å². The molecular formula is C20H23F2N5O. The number of dihydropyridines is 1. The van der Waals surface area contributed by atoms with Gasteiger partial charge in [0.1, 0.15) is 17.9 Å². The highest BCUT2D eigenvalue weighted by Gasteiger charge is 2.36. The van der Waals surface area contributed by atoms with Crippen molar-refractivity contribution >= 4 is 11.3 Å². The molecule has 1 saturated heterocycles. The molecule has 0 aliphatic carbocycles. The van der Waals surface area contributed by atoms with Crippen LogP contribution in [0.3, 0.4) is 0 Å². The Balaban J connectivity index is 1.62. The molecule has 8 heteroatoms. The Morgan fingerprint density at radius 2 is 2.14 bits per heavy atom. The Morgan fingerprint density at radius 1 is 1.32 bits per heavy atom. The number of aliphatic hydroxyl groups excluding tert-OH is 1. The summed E-state index contributed by atoms with van der Waals surface area (Å²) in [7, 11) is 1.90. The summed E-state index contributed by atoms with van der Waals surface area (Å²) in [6, 6.07) is 5.40. The zero-order valence-corrected chi connectivity index (χ0v) is 15.6. The molecule has 1 fully saturated rings. The average Bonchev–Trinajstić information content (AvgIpc) is 3.05. The molecule has 2 aliphatic heterocycles. The number of likely N-dealkylation sites (tertiary alicyclic amines) is 1. The van der Waals surface area contributed by atoms with Crippen LogP contribution in [0.1, 0.15) is 17.7 Å². The molecule has 0 radical (unpaired) electrons. The van der Waals surface area contributed by atoms with Crippen LogP contribution < -0.4 is 5.73 Å². The predicted molar refractivity (Wildman–Crippen MR) is 102 cm³/mol. The number of aliphatic imine (C=N–C) groups is 1. The first kappa shape index (κ1) is 18.9. The Morgan fingerprint density at radius 3 is 2.82 bits per heavy atom. The third kappa shape index (κ3) is 3.63. The van der Waals surface area contributed by atoms with Gasteiger partial charge in [0.15, 0.2) is 0 Å². The molecule has 1 aromatic carbocycles. The minimum atomic E-state index is -1.24. The van der Waals surface area contributed by atoms with Crippen LogP contribution in [0.4, 0.5) is 8.78 Å². The molecule has 3 N–H and O–H groups in total. The highest BCUT2D eigenvalue weighted by molar-refractivity contribution is 6.05. The zero-order valence-electron chi connectivity index (χ0n) is 15.6. The molecule has 3 heterocycles. The van der Waals surface area contributed by atoms with Crippen molar-refractivity contribution in [3.05, 3.63) is 59.4 Å². The number of piperidine rings is 1. The third-order valence-electron chi connectivity index (χ3n) is 5.54. The number of nitrogens with two attached hydrogens (primary N) is 1. The minimum Gasteiger partial charge on any atom is -0.373 e. The minimum absolute atomic E-state index is 0.00903. The Bertz CT molecular complexity index is 936. The monoisotopic (exact) mass is 387 g/mol. The van der Waals surface area contributed by atoms with Gasteiger partial charge in [-0.1, -0.05) is 0 Å². The third-order valence-corrected chi connectivity index (χ3v) is 5.54. The van der Waals surface area contributed by atoms with E-state index in [9.17, 15) is 13.9 Å². The van der Waals surface area contributed by atoms with Gasteiger partial charge in [0, 0.05) is 43.9 Å². The summed E-state index contributed by atoms with van der Waals surface area (Å²) in [5.74, 6) is -1.24. The van der Waals surface area contributed by atoms with Crippen molar-refractivity contribution in [2.24, 2.45) is 23.7 Å². The van der Waals surface area contributed by atoms with Crippen LogP contribution in [0, 0.1) is 17.6 Å². The fourth-order valence-corrected chi connectivity index (χ4v) is 4.08. The summed E-state index contributed by atoms with van der Waals surface area (Å²) < 4.78 is 29.7. The number of rotatable bonds is 4. The number of aromatic nitrogens is 2. The first-order valence-corrected chi connectivity index (χ1v) is 9.30. The van der Waals surface area contributed by atoms with Crippen molar-refractivity contribution in [1.29, 1.82) is 0 Å². The number of hydrogen-bond donors (Lipinski definition) is 2. The van der Waals surface area contributed by atoms with Gasteiger partial charge in [-0.25, -0.2) is 8.78 Å². The van der Waals surface area contributed by atoms with Crippen molar-refractivity contribution in [2.75, 3.05) is 13.1 Å². The van der Waals surface area contributed by atoms with E-state index >= 15 is 0 Å². The van der Waals surface area contributed by atoms with Crippen LogP contribution in [0.5, 0.6) is 0 Å². The van der Waals surface area contributed by atoms with Gasteiger partial charge in [-0.3, -0.25) is 14.6 Å². The summed E-state index contributed by atoms with van der Waals surface area (Å²) in [5, 5.41) is 14.1. The SMILES string of the molecule is Cn1nccc1CN1CCC2C(c3ccc(F)cc3F)=CC(C(N)O)=NC2C1. The number of benzene rings is 1. The normalized spacial score (nSPS) is 23.8. The van der Waals surface area contributed by atoms with E-state index < -0.39 is 17.9 Å². The fourth-order valence-electron chi connectivity index (χ4n) is 4.08. The van der Waals surface area contributed by atoms with Crippen LogP contribution in [0.2, 0.25) is 0 Å². The van der Waals surface area contributed by atoms with Crippen LogP contribution in [0.15, 0.2) is 41.5 Å². The second-order valence-corrected chi connectivity index (χ2v) is 7.37. The maximum Gasteiger partial charge on any atom is 0.145 e. The second kappa shape index (κ2) is 7.54. The molecule has 2 aromatic rings. The molecule has 0 spiro atoms. The summed E-state index contributed by atoms with van der Waals surface area (Å²) >= 11 is 0. The molecule has 3 atom stereocenters. The molecule has 148 valence electrons. The number of fused-ring (bicyclic) bond motifs is 1. The van der Waals surface area contributed by atoms with Gasteiger partial charge in [0.2, 0.25) is 0 Å². The quantitative estimate of drug-likeness (QED) is 0.783. The molecule has 3 unspecified atom stereocenters. The number of aryl methyl sites for hydroxylation is 1. The maximum absolute atomic E-state index is 14.5. The van der Waals surface area contributed by atoms with Gasteiger partial charge in [0.05, 0.1) is 17.4 Å². The van der Waals surface area contributed by atoms with Crippen LogP contribution in [0.25, 0.3) is 5.57 Å². The maximum atomic E-state index is 14.5. The van der Waals surface area contributed by atoms with E-state index in [2.05, 4.69) is 15.0 Å². The summed E-state index contributed by atoms with van der Waals surface area (Å²) in [4.78, 5) is 6.90. The standard InChI is InChI=1S/C20H23F2N5O/c1-26-13(4-6-24-26)10-27-7-5-15-16(14-3-2-12(21)8-17(14)22)9-18(20(23)28)25-19(15)11-27/h2-4,6,8-9,15,19-20,28H,5,7,10-11,23H2,1H3. The van der Waals surface area contributed by atoms with Crippen LogP contribution in [-0.4, -0.2) is 50.9 Å². The van der Waals surface area contributed by atoms with Crippen molar-refractivity contribution in [1.82, 2.24) is 14.7 Å². The average molecular weight is 387 g/mol. The predicted octanol–water partition coefficient (Wildman–Crippen LogP) is 1.70. The number of halogens is 2. The lowest BCUT2D eigenvalue weighted by molar-refractivity contribution is 0.171. The second-order valence-electron chi connectivity index (χ2n) is 7.37. The first-order valence-electron chi connectivity index (χ1n) is 9.30. The molecule has 0 bridgehead atoms. The Labute approximate surface area is 162 Å². The molecule has 4 rings (SSSR count). The fraction of sp³-hybridized carbons (Fsp3) is 0.400. The topological polar surface area (TPSA) is 79.7 Å². The van der Waals surface area contributed by atoms with Gasteiger partial charge >= 0.3 is 0 Å². The highest BCUT2D eigenvalue weighted by Crippen LogP contribution is 2.38. The van der Waals surface area contributed by atoms with Gasteiger partial charge in [-0.2, -0.15) is 5.10 Å². The highest BCUT2D eigenvalue weighted by atomic mass is 19.1. The lowest BCUT2D eigenvalue weighted by Crippen LogP contribution is -2.46. The summed E-state index contributed by atoms with van der Waals surface area (Å²) in [6.07, 6.45) is 2.95. The number of nitrogens with zero attached hydrogens (tertiary/aromatic N) is 4. The van der Waals surface area contributed by atoms with Crippen LogP contribution in [-0.2, 0) is 13.6 Å². The molecule has 6 nitrogen and oxygen atoms in total. The van der Waals surface area contributed by atoms with E-state index in [1.54, 1.807) is 12.3 Å². The van der Waals surface area contributed by atoms with Crippen molar-refractivity contribution in [3.8, 4) is 0 Å². The van der Waals surface area contributed by atoms with Gasteiger partial charge in [0.25, 0.3) is 0 Å². The lowest BCUT2D eigenvalue weighted by atomic mass is 9.79. The molecule has 0 saturated carbocycles. The largest absolute Gasteiger partial charge is 0.373 e.